The number of nitriles is 1. The fraction of sp³-hybridized carbons (Fsp3) is 0.100. The monoisotopic (exact) mass is 302 g/mol. The molecule has 0 bridgehead atoms. The normalized spacial score (nSPS) is 9.17. The highest BCUT2D eigenvalue weighted by Crippen LogP contribution is 2.25. The second-order valence-electron chi connectivity index (χ2n) is 3.09. The molecule has 94 valence electrons. The molecule has 5 nitrogen and oxygen atoms in total. The maximum atomic E-state index is 11.0. The zero-order valence-electron chi connectivity index (χ0n) is 8.96. The van der Waals surface area contributed by atoms with Gasteiger partial charge in [-0.2, -0.15) is 5.26 Å². The van der Waals surface area contributed by atoms with E-state index < -0.39 is 5.91 Å². The fourth-order valence-corrected chi connectivity index (χ4v) is 1.60. The number of amides is 1. The highest BCUT2D eigenvalue weighted by molar-refractivity contribution is 7.80. The van der Waals surface area contributed by atoms with Crippen molar-refractivity contribution in [1.82, 2.24) is 10.9 Å². The molecule has 0 atom stereocenters. The van der Waals surface area contributed by atoms with Crippen LogP contribution in [-0.2, 0) is 4.79 Å². The first kappa shape index (κ1) is 14.5. The number of anilines is 1. The number of carbonyl (C=O) groups excluding carboxylic acids is 1. The van der Waals surface area contributed by atoms with Crippen molar-refractivity contribution in [3.63, 3.8) is 0 Å². The minimum Gasteiger partial charge on any atom is -0.330 e. The van der Waals surface area contributed by atoms with E-state index in [9.17, 15) is 4.79 Å². The summed E-state index contributed by atoms with van der Waals surface area (Å²) in [6.45, 7) is 0. The van der Waals surface area contributed by atoms with Crippen LogP contribution in [0, 0.1) is 11.3 Å². The van der Waals surface area contributed by atoms with Crippen LogP contribution in [0.4, 0.5) is 5.69 Å². The highest BCUT2D eigenvalue weighted by Gasteiger charge is 2.04. The Balaban J connectivity index is 2.50. The van der Waals surface area contributed by atoms with E-state index in [2.05, 4.69) is 16.2 Å². The lowest BCUT2D eigenvalue weighted by atomic mass is 10.3. The molecular weight excluding hydrogens is 295 g/mol. The predicted octanol–water partition coefficient (Wildman–Crippen LogP) is 2.22. The molecule has 8 heteroatoms. The topological polar surface area (TPSA) is 77.0 Å². The second kappa shape index (κ2) is 7.01. The third-order valence-electron chi connectivity index (χ3n) is 1.73. The van der Waals surface area contributed by atoms with Gasteiger partial charge in [-0.3, -0.25) is 15.6 Å². The molecule has 0 aliphatic rings. The van der Waals surface area contributed by atoms with E-state index in [1.807, 2.05) is 0 Å². The van der Waals surface area contributed by atoms with Crippen LogP contribution in [0.5, 0.6) is 0 Å². The summed E-state index contributed by atoms with van der Waals surface area (Å²) in [6.07, 6.45) is -0.253. The van der Waals surface area contributed by atoms with Crippen molar-refractivity contribution >= 4 is 52.1 Å². The van der Waals surface area contributed by atoms with Crippen LogP contribution in [0.3, 0.4) is 0 Å². The van der Waals surface area contributed by atoms with Crippen molar-refractivity contribution in [2.24, 2.45) is 0 Å². The molecule has 1 rings (SSSR count). The summed E-state index contributed by atoms with van der Waals surface area (Å²) < 4.78 is 0. The predicted molar refractivity (Wildman–Crippen MR) is 74.2 cm³/mol. The maximum absolute atomic E-state index is 11.0. The second-order valence-corrected chi connectivity index (χ2v) is 4.34. The van der Waals surface area contributed by atoms with Gasteiger partial charge in [-0.15, -0.1) is 0 Å². The standard InChI is InChI=1S/C10H8Cl2N4OS/c11-6-1-2-8(7(12)5-6)14-10(18)16-15-9(17)3-4-13/h1-2,5H,3H2,(H,15,17)(H2,14,16,18). The number of halogens is 2. The Hall–Kier alpha value is -1.55. The number of nitrogens with one attached hydrogen (secondary N) is 3. The molecule has 18 heavy (non-hydrogen) atoms. The number of hydrogen-bond acceptors (Lipinski definition) is 3. The summed E-state index contributed by atoms with van der Waals surface area (Å²) in [6, 6.07) is 6.56. The summed E-state index contributed by atoms with van der Waals surface area (Å²) in [5, 5.41) is 12.1. The number of rotatable bonds is 2. The van der Waals surface area contributed by atoms with E-state index in [1.54, 1.807) is 24.3 Å². The number of nitrogens with zero attached hydrogens (tertiary/aromatic N) is 1. The quantitative estimate of drug-likeness (QED) is 0.577. The molecule has 0 saturated carbocycles. The lowest BCUT2D eigenvalue weighted by molar-refractivity contribution is -0.120. The molecule has 1 aromatic rings. The Morgan fingerprint density at radius 1 is 1.39 bits per heavy atom. The highest BCUT2D eigenvalue weighted by atomic mass is 35.5. The van der Waals surface area contributed by atoms with Crippen molar-refractivity contribution in [2.75, 3.05) is 5.32 Å². The van der Waals surface area contributed by atoms with Gasteiger partial charge in [0.05, 0.1) is 16.8 Å². The third kappa shape index (κ3) is 4.75. The van der Waals surface area contributed by atoms with Gasteiger partial charge in [0.15, 0.2) is 5.11 Å². The van der Waals surface area contributed by atoms with E-state index in [0.717, 1.165) is 0 Å². The largest absolute Gasteiger partial charge is 0.330 e. The van der Waals surface area contributed by atoms with Crippen LogP contribution in [-0.4, -0.2) is 11.0 Å². The first-order chi connectivity index (χ1) is 8.52. The summed E-state index contributed by atoms with van der Waals surface area (Å²) in [5.41, 5.74) is 5.23. The minimum absolute atomic E-state index is 0.144. The molecule has 0 aromatic heterocycles. The van der Waals surface area contributed by atoms with Gasteiger partial charge in [-0.1, -0.05) is 23.2 Å². The van der Waals surface area contributed by atoms with Crippen LogP contribution in [0.15, 0.2) is 18.2 Å². The molecule has 0 aliphatic carbocycles. The number of carbonyl (C=O) groups is 1. The molecule has 0 heterocycles. The molecule has 1 amide bonds. The zero-order chi connectivity index (χ0) is 13.5. The smallest absolute Gasteiger partial charge is 0.252 e. The maximum Gasteiger partial charge on any atom is 0.252 e. The molecular formula is C10H8Cl2N4OS. The fourth-order valence-electron chi connectivity index (χ4n) is 0.987. The first-order valence-corrected chi connectivity index (χ1v) is 5.87. The molecule has 0 radical (unpaired) electrons. The first-order valence-electron chi connectivity index (χ1n) is 4.70. The van der Waals surface area contributed by atoms with Gasteiger partial charge in [0, 0.05) is 5.02 Å². The minimum atomic E-state index is -0.483. The van der Waals surface area contributed by atoms with Gasteiger partial charge in [-0.05, 0) is 30.4 Å². The average Bonchev–Trinajstić information content (AvgIpc) is 2.31. The molecule has 0 unspecified atom stereocenters. The summed E-state index contributed by atoms with van der Waals surface area (Å²) in [4.78, 5) is 11.0. The molecule has 0 aliphatic heterocycles. The lowest BCUT2D eigenvalue weighted by Gasteiger charge is -2.11. The number of thiocarbonyl (C=S) groups is 1. The Labute approximate surface area is 119 Å². The van der Waals surface area contributed by atoms with Gasteiger partial charge in [0.25, 0.3) is 5.91 Å². The zero-order valence-corrected chi connectivity index (χ0v) is 11.3. The number of hydrazine groups is 1. The van der Waals surface area contributed by atoms with Crippen LogP contribution in [0.25, 0.3) is 0 Å². The van der Waals surface area contributed by atoms with Crippen molar-refractivity contribution in [2.45, 2.75) is 6.42 Å². The molecule has 0 spiro atoms. The Morgan fingerprint density at radius 3 is 2.72 bits per heavy atom. The summed E-state index contributed by atoms with van der Waals surface area (Å²) in [7, 11) is 0. The Bertz CT molecular complexity index is 515. The molecule has 3 N–H and O–H groups in total. The van der Waals surface area contributed by atoms with Crippen LogP contribution in [0.2, 0.25) is 10.0 Å². The van der Waals surface area contributed by atoms with Gasteiger partial charge >= 0.3 is 0 Å². The summed E-state index contributed by atoms with van der Waals surface area (Å²) >= 11 is 16.6. The van der Waals surface area contributed by atoms with Gasteiger partial charge in [0.2, 0.25) is 0 Å². The van der Waals surface area contributed by atoms with Crippen molar-refractivity contribution in [1.29, 1.82) is 5.26 Å². The van der Waals surface area contributed by atoms with E-state index in [1.165, 1.54) is 0 Å². The van der Waals surface area contributed by atoms with Crippen molar-refractivity contribution in [3.05, 3.63) is 28.2 Å². The van der Waals surface area contributed by atoms with E-state index >= 15 is 0 Å². The number of hydrogen-bond donors (Lipinski definition) is 3. The van der Waals surface area contributed by atoms with Crippen LogP contribution < -0.4 is 16.2 Å². The third-order valence-corrected chi connectivity index (χ3v) is 2.49. The lowest BCUT2D eigenvalue weighted by Crippen LogP contribution is -2.43. The van der Waals surface area contributed by atoms with E-state index in [-0.39, 0.29) is 11.5 Å². The average molecular weight is 303 g/mol. The van der Waals surface area contributed by atoms with Gasteiger partial charge in [0.1, 0.15) is 6.42 Å². The molecule has 0 saturated heterocycles. The number of benzene rings is 1. The Kier molecular flexibility index (Phi) is 5.65. The van der Waals surface area contributed by atoms with Crippen molar-refractivity contribution < 1.29 is 4.79 Å². The van der Waals surface area contributed by atoms with Crippen LogP contribution in [0.1, 0.15) is 6.42 Å². The summed E-state index contributed by atoms with van der Waals surface area (Å²) in [5.74, 6) is -0.483. The molecule has 1 aromatic carbocycles. The SMILES string of the molecule is N#CCC(=O)NNC(=S)Nc1ccc(Cl)cc1Cl. The molecule has 0 fully saturated rings. The Morgan fingerprint density at radius 2 is 2.11 bits per heavy atom. The van der Waals surface area contributed by atoms with Gasteiger partial charge in [-0.25, -0.2) is 0 Å². The van der Waals surface area contributed by atoms with E-state index in [4.69, 9.17) is 40.7 Å². The van der Waals surface area contributed by atoms with Crippen LogP contribution >= 0.6 is 35.4 Å². The van der Waals surface area contributed by atoms with Crippen molar-refractivity contribution in [3.8, 4) is 6.07 Å². The van der Waals surface area contributed by atoms with E-state index in [0.29, 0.717) is 15.7 Å². The van der Waals surface area contributed by atoms with Gasteiger partial charge < -0.3 is 5.32 Å².